The van der Waals surface area contributed by atoms with Crippen LogP contribution in [0.15, 0.2) is 53.9 Å². The third-order valence-corrected chi connectivity index (χ3v) is 4.07. The molecule has 0 amide bonds. The first-order valence-corrected chi connectivity index (χ1v) is 7.53. The second-order valence-corrected chi connectivity index (χ2v) is 5.57. The van der Waals surface area contributed by atoms with Gasteiger partial charge in [0.2, 0.25) is 0 Å². The highest BCUT2D eigenvalue weighted by Gasteiger charge is 1.99. The van der Waals surface area contributed by atoms with Gasteiger partial charge in [0.1, 0.15) is 11.8 Å². The van der Waals surface area contributed by atoms with Crippen molar-refractivity contribution in [2.24, 2.45) is 0 Å². The number of hydrogen-bond acceptors (Lipinski definition) is 4. The fourth-order valence-corrected chi connectivity index (χ4v) is 2.87. The zero-order valence-electron chi connectivity index (χ0n) is 11.4. The van der Waals surface area contributed by atoms with Gasteiger partial charge in [-0.15, -0.1) is 11.3 Å². The Morgan fingerprint density at radius 1 is 1.10 bits per heavy atom. The molecular weight excluding hydrogens is 280 g/mol. The van der Waals surface area contributed by atoms with Gasteiger partial charge in [-0.3, -0.25) is 0 Å². The standard InChI is InChI=1S/C17H14N2OS/c18-8-9-20-16-4-1-13(2-5-16)12-19-15-3-6-17-14(11-15)7-10-21-17/h1-7,10-11,19H,9,12H2. The molecule has 0 bridgehead atoms. The van der Waals surface area contributed by atoms with Gasteiger partial charge in [0, 0.05) is 16.9 Å². The summed E-state index contributed by atoms with van der Waals surface area (Å²) in [5.74, 6) is 0.722. The summed E-state index contributed by atoms with van der Waals surface area (Å²) in [4.78, 5) is 0. The highest BCUT2D eigenvalue weighted by molar-refractivity contribution is 7.17. The van der Waals surface area contributed by atoms with E-state index < -0.39 is 0 Å². The minimum atomic E-state index is 0.0816. The van der Waals surface area contributed by atoms with Gasteiger partial charge < -0.3 is 10.1 Å². The lowest BCUT2D eigenvalue weighted by molar-refractivity contribution is 0.368. The van der Waals surface area contributed by atoms with Crippen molar-refractivity contribution in [1.29, 1.82) is 5.26 Å². The molecule has 104 valence electrons. The maximum absolute atomic E-state index is 8.47. The molecule has 0 spiro atoms. The lowest BCUT2D eigenvalue weighted by Crippen LogP contribution is -1.99. The molecule has 0 saturated heterocycles. The van der Waals surface area contributed by atoms with E-state index in [1.807, 2.05) is 30.3 Å². The molecular formula is C17H14N2OS. The second-order valence-electron chi connectivity index (χ2n) is 4.62. The molecule has 0 saturated carbocycles. The van der Waals surface area contributed by atoms with Crippen LogP contribution < -0.4 is 10.1 Å². The molecule has 1 aromatic heterocycles. The molecule has 0 unspecified atom stereocenters. The lowest BCUT2D eigenvalue weighted by Gasteiger charge is -2.08. The van der Waals surface area contributed by atoms with Crippen molar-refractivity contribution in [3.8, 4) is 11.8 Å². The number of hydrogen-bond donors (Lipinski definition) is 1. The van der Waals surface area contributed by atoms with Crippen LogP contribution >= 0.6 is 11.3 Å². The van der Waals surface area contributed by atoms with Gasteiger partial charge >= 0.3 is 0 Å². The van der Waals surface area contributed by atoms with Crippen LogP contribution in [0.2, 0.25) is 0 Å². The largest absolute Gasteiger partial charge is 0.479 e. The molecule has 0 aliphatic carbocycles. The molecule has 1 N–H and O–H groups in total. The molecule has 2 aromatic carbocycles. The number of nitriles is 1. The number of nitrogens with zero attached hydrogens (tertiary/aromatic N) is 1. The van der Waals surface area contributed by atoms with Crippen molar-refractivity contribution in [2.75, 3.05) is 11.9 Å². The summed E-state index contributed by atoms with van der Waals surface area (Å²) < 4.78 is 6.54. The Hall–Kier alpha value is -2.51. The normalized spacial score (nSPS) is 10.2. The Morgan fingerprint density at radius 2 is 1.95 bits per heavy atom. The zero-order valence-corrected chi connectivity index (χ0v) is 12.2. The molecule has 0 atom stereocenters. The number of ether oxygens (including phenoxy) is 1. The lowest BCUT2D eigenvalue weighted by atomic mass is 10.2. The first-order chi connectivity index (χ1) is 10.3. The average molecular weight is 294 g/mol. The maximum Gasteiger partial charge on any atom is 0.174 e. The van der Waals surface area contributed by atoms with E-state index in [9.17, 15) is 0 Å². The molecule has 3 rings (SSSR count). The van der Waals surface area contributed by atoms with Gasteiger partial charge in [0.05, 0.1) is 0 Å². The maximum atomic E-state index is 8.47. The molecule has 0 fully saturated rings. The minimum absolute atomic E-state index is 0.0816. The fraction of sp³-hybridized carbons (Fsp3) is 0.118. The quantitative estimate of drug-likeness (QED) is 0.757. The summed E-state index contributed by atoms with van der Waals surface area (Å²) >= 11 is 1.75. The number of rotatable bonds is 5. The predicted octanol–water partition coefficient (Wildman–Crippen LogP) is 4.42. The molecule has 3 aromatic rings. The molecule has 0 aliphatic rings. The summed E-state index contributed by atoms with van der Waals surface area (Å²) in [5.41, 5.74) is 2.29. The van der Waals surface area contributed by atoms with Gasteiger partial charge in [0.25, 0.3) is 0 Å². The molecule has 21 heavy (non-hydrogen) atoms. The van der Waals surface area contributed by atoms with E-state index in [1.165, 1.54) is 15.6 Å². The molecule has 4 heteroatoms. The summed E-state index contributed by atoms with van der Waals surface area (Å²) in [5, 5.41) is 15.3. The number of anilines is 1. The molecule has 0 radical (unpaired) electrons. The van der Waals surface area contributed by atoms with Gasteiger partial charge in [-0.05, 0) is 52.7 Å². The van der Waals surface area contributed by atoms with Crippen molar-refractivity contribution >= 4 is 27.1 Å². The van der Waals surface area contributed by atoms with Crippen molar-refractivity contribution in [3.05, 3.63) is 59.5 Å². The first-order valence-electron chi connectivity index (χ1n) is 6.65. The van der Waals surface area contributed by atoms with Crippen molar-refractivity contribution in [2.45, 2.75) is 6.54 Å². The van der Waals surface area contributed by atoms with Crippen molar-refractivity contribution in [1.82, 2.24) is 0 Å². The van der Waals surface area contributed by atoms with Gasteiger partial charge in [-0.2, -0.15) is 5.26 Å². The van der Waals surface area contributed by atoms with Crippen LogP contribution in [0.25, 0.3) is 10.1 Å². The monoisotopic (exact) mass is 294 g/mol. The summed E-state index contributed by atoms with van der Waals surface area (Å²) in [6.07, 6.45) is 0. The van der Waals surface area contributed by atoms with Crippen LogP contribution in [-0.4, -0.2) is 6.61 Å². The number of thiophene rings is 1. The van der Waals surface area contributed by atoms with Gasteiger partial charge in [0.15, 0.2) is 6.61 Å². The van der Waals surface area contributed by atoms with Crippen molar-refractivity contribution < 1.29 is 4.74 Å². The number of benzene rings is 2. The summed E-state index contributed by atoms with van der Waals surface area (Å²) in [7, 11) is 0. The smallest absolute Gasteiger partial charge is 0.174 e. The number of fused-ring (bicyclic) bond motifs is 1. The SMILES string of the molecule is N#CCOc1ccc(CNc2ccc3sccc3c2)cc1. The van der Waals surface area contributed by atoms with E-state index >= 15 is 0 Å². The van der Waals surface area contributed by atoms with Crippen LogP contribution in [-0.2, 0) is 6.54 Å². The van der Waals surface area contributed by atoms with Gasteiger partial charge in [-0.25, -0.2) is 0 Å². The second kappa shape index (κ2) is 6.29. The predicted molar refractivity (Wildman–Crippen MR) is 86.7 cm³/mol. The minimum Gasteiger partial charge on any atom is -0.479 e. The third kappa shape index (κ3) is 3.33. The van der Waals surface area contributed by atoms with E-state index in [1.54, 1.807) is 11.3 Å². The van der Waals surface area contributed by atoms with Crippen LogP contribution in [0.4, 0.5) is 5.69 Å². The third-order valence-electron chi connectivity index (χ3n) is 3.18. The Bertz CT molecular complexity index is 771. The molecule has 0 aliphatic heterocycles. The number of nitrogens with one attached hydrogen (secondary N) is 1. The van der Waals surface area contributed by atoms with Gasteiger partial charge in [-0.1, -0.05) is 12.1 Å². The molecule has 1 heterocycles. The summed E-state index contributed by atoms with van der Waals surface area (Å²) in [6, 6.07) is 18.3. The summed E-state index contributed by atoms with van der Waals surface area (Å²) in [6.45, 7) is 0.840. The van der Waals surface area contributed by atoms with E-state index in [0.29, 0.717) is 0 Å². The van der Waals surface area contributed by atoms with E-state index in [-0.39, 0.29) is 6.61 Å². The van der Waals surface area contributed by atoms with Crippen LogP contribution in [0.1, 0.15) is 5.56 Å². The highest BCUT2D eigenvalue weighted by atomic mass is 32.1. The Morgan fingerprint density at radius 3 is 2.76 bits per heavy atom. The van der Waals surface area contributed by atoms with Crippen molar-refractivity contribution in [3.63, 3.8) is 0 Å². The van der Waals surface area contributed by atoms with Crippen LogP contribution in [0, 0.1) is 11.3 Å². The first kappa shape index (κ1) is 13.5. The Labute approximate surface area is 127 Å². The topological polar surface area (TPSA) is 45.0 Å². The Balaban J connectivity index is 1.62. The van der Waals surface area contributed by atoms with E-state index in [0.717, 1.165) is 18.0 Å². The van der Waals surface area contributed by atoms with Crippen LogP contribution in [0.5, 0.6) is 5.75 Å². The van der Waals surface area contributed by atoms with Crippen LogP contribution in [0.3, 0.4) is 0 Å². The molecule has 3 nitrogen and oxygen atoms in total. The van der Waals surface area contributed by atoms with E-state index in [4.69, 9.17) is 10.00 Å². The Kier molecular flexibility index (Phi) is 4.04. The zero-order chi connectivity index (χ0) is 14.5. The fourth-order valence-electron chi connectivity index (χ4n) is 2.10. The average Bonchev–Trinajstić information content (AvgIpc) is 2.99. The van der Waals surface area contributed by atoms with E-state index in [2.05, 4.69) is 35.0 Å². The highest BCUT2D eigenvalue weighted by Crippen LogP contribution is 2.24.